The maximum absolute atomic E-state index is 10.6. The second-order valence-electron chi connectivity index (χ2n) is 12.2. The molecule has 2 aliphatic rings. The second-order valence-corrected chi connectivity index (χ2v) is 12.2. The first-order valence-electron chi connectivity index (χ1n) is 14.1. The van der Waals surface area contributed by atoms with E-state index in [0.717, 1.165) is 23.2 Å². The van der Waals surface area contributed by atoms with Crippen molar-refractivity contribution in [3.63, 3.8) is 0 Å². The smallest absolute Gasteiger partial charge is 0.330 e. The molecule has 2 aliphatic carbocycles. The van der Waals surface area contributed by atoms with Crippen LogP contribution in [0.3, 0.4) is 0 Å². The lowest BCUT2D eigenvalue weighted by molar-refractivity contribution is -0.0893. The zero-order chi connectivity index (χ0) is 26.7. The van der Waals surface area contributed by atoms with E-state index >= 15 is 0 Å². The van der Waals surface area contributed by atoms with Gasteiger partial charge in [-0.25, -0.2) is 4.98 Å². The zero-order valence-corrected chi connectivity index (χ0v) is 23.3. The summed E-state index contributed by atoms with van der Waals surface area (Å²) in [6.45, 7) is 9.63. The Labute approximate surface area is 227 Å². The fourth-order valence-corrected chi connectivity index (χ4v) is 6.37. The molecule has 1 N–H and O–H groups in total. The Morgan fingerprint density at radius 3 is 2.32 bits per heavy atom. The normalized spacial score (nSPS) is 16.6. The molecular weight excluding hydrogens is 467 g/mol. The average Bonchev–Trinajstić information content (AvgIpc) is 3.41. The third-order valence-electron chi connectivity index (χ3n) is 9.24. The third-order valence-corrected chi connectivity index (χ3v) is 9.24. The van der Waals surface area contributed by atoms with E-state index in [1.165, 1.54) is 65.6 Å². The maximum Gasteiger partial charge on any atom is 0.330 e. The van der Waals surface area contributed by atoms with Crippen LogP contribution >= 0.6 is 0 Å². The van der Waals surface area contributed by atoms with Crippen molar-refractivity contribution in [1.82, 2.24) is 9.55 Å². The van der Waals surface area contributed by atoms with Gasteiger partial charge in [0, 0.05) is 17.5 Å². The van der Waals surface area contributed by atoms with Gasteiger partial charge in [-0.2, -0.15) is 0 Å². The van der Waals surface area contributed by atoms with E-state index in [0.29, 0.717) is 0 Å². The summed E-state index contributed by atoms with van der Waals surface area (Å²) in [7, 11) is 1.83. The van der Waals surface area contributed by atoms with Crippen LogP contribution in [-0.2, 0) is 16.5 Å². The molecule has 195 valence electrons. The Hall–Kier alpha value is -2.89. The number of fused-ring (bicyclic) bond motifs is 6. The van der Waals surface area contributed by atoms with Crippen molar-refractivity contribution in [1.29, 1.82) is 0 Å². The van der Waals surface area contributed by atoms with Crippen LogP contribution in [0.25, 0.3) is 27.8 Å². The predicted octanol–water partition coefficient (Wildman–Crippen LogP) is 6.63. The number of imidazole rings is 1. The number of aryl methyl sites for hydroxylation is 1. The average molecular weight is 505 g/mol. The van der Waals surface area contributed by atoms with E-state index in [1.807, 2.05) is 21.3 Å². The number of hydrogen-bond acceptors (Lipinski definition) is 3. The van der Waals surface area contributed by atoms with E-state index < -0.39 is 11.2 Å². The second kappa shape index (κ2) is 9.10. The molecule has 38 heavy (non-hydrogen) atoms. The highest BCUT2D eigenvalue weighted by Crippen LogP contribution is 2.55. The summed E-state index contributed by atoms with van der Waals surface area (Å²) >= 11 is 0. The lowest BCUT2D eigenvalue weighted by Crippen LogP contribution is -2.49. The lowest BCUT2D eigenvalue weighted by Gasteiger charge is -2.38. The molecule has 1 radical (unpaired) electrons. The number of nitrogens with zero attached hydrogens (tertiary/aromatic N) is 2. The molecular formula is C33H38BN2O2. The molecule has 0 unspecified atom stereocenters. The molecule has 4 nitrogen and oxygen atoms in total. The summed E-state index contributed by atoms with van der Waals surface area (Å²) in [6, 6.07) is 22.3. The molecule has 3 aromatic carbocycles. The monoisotopic (exact) mass is 505 g/mol. The van der Waals surface area contributed by atoms with E-state index in [1.54, 1.807) is 13.8 Å². The van der Waals surface area contributed by atoms with Crippen molar-refractivity contribution < 1.29 is 9.76 Å². The van der Waals surface area contributed by atoms with Crippen LogP contribution in [0.15, 0.2) is 60.7 Å². The number of aliphatic hydroxyl groups is 1. The van der Waals surface area contributed by atoms with Crippen molar-refractivity contribution in [2.75, 3.05) is 0 Å². The molecule has 0 saturated heterocycles. The fraction of sp³-hybridized carbons (Fsp3) is 0.424. The molecule has 1 fully saturated rings. The highest BCUT2D eigenvalue weighted by atomic mass is 16.5. The van der Waals surface area contributed by atoms with E-state index in [2.05, 4.69) is 72.2 Å². The topological polar surface area (TPSA) is 47.3 Å². The number of rotatable bonds is 6. The van der Waals surface area contributed by atoms with Crippen molar-refractivity contribution >= 4 is 24.0 Å². The fourth-order valence-electron chi connectivity index (χ4n) is 6.37. The summed E-state index contributed by atoms with van der Waals surface area (Å²) in [5, 5.41) is 10.6. The number of para-hydroxylation sites is 2. The van der Waals surface area contributed by atoms with Crippen LogP contribution in [0.2, 0.25) is 0 Å². The van der Waals surface area contributed by atoms with Crippen molar-refractivity contribution in [3.8, 4) is 16.8 Å². The Kier molecular flexibility index (Phi) is 6.08. The zero-order valence-electron chi connectivity index (χ0n) is 23.3. The molecule has 1 spiro atoms. The molecule has 5 heteroatoms. The first-order chi connectivity index (χ1) is 18.1. The highest BCUT2D eigenvalue weighted by Gasteiger charge is 2.44. The maximum atomic E-state index is 10.6. The van der Waals surface area contributed by atoms with Gasteiger partial charge in [0.25, 0.3) is 0 Å². The Morgan fingerprint density at radius 1 is 0.921 bits per heavy atom. The van der Waals surface area contributed by atoms with Gasteiger partial charge in [-0.05, 0) is 87.1 Å². The van der Waals surface area contributed by atoms with Gasteiger partial charge in [0.2, 0.25) is 0 Å². The van der Waals surface area contributed by atoms with Gasteiger partial charge in [0.05, 0.1) is 22.2 Å². The molecule has 6 rings (SSSR count). The lowest BCUT2D eigenvalue weighted by atomic mass is 9.67. The van der Waals surface area contributed by atoms with Crippen LogP contribution in [0.5, 0.6) is 0 Å². The van der Waals surface area contributed by atoms with Crippen LogP contribution < -0.4 is 5.46 Å². The minimum absolute atomic E-state index is 0.0251. The molecule has 4 aromatic rings. The first kappa shape index (κ1) is 25.4. The molecule has 0 aliphatic heterocycles. The van der Waals surface area contributed by atoms with Crippen LogP contribution in [0, 0.1) is 0 Å². The third kappa shape index (κ3) is 3.94. The van der Waals surface area contributed by atoms with Gasteiger partial charge < -0.3 is 9.76 Å². The minimum atomic E-state index is -0.952. The van der Waals surface area contributed by atoms with Crippen molar-refractivity contribution in [2.24, 2.45) is 0 Å². The van der Waals surface area contributed by atoms with E-state index in [-0.39, 0.29) is 5.41 Å². The van der Waals surface area contributed by atoms with Gasteiger partial charge in [0.1, 0.15) is 5.82 Å². The summed E-state index contributed by atoms with van der Waals surface area (Å²) < 4.78 is 8.49. The van der Waals surface area contributed by atoms with Gasteiger partial charge in [-0.3, -0.25) is 4.57 Å². The Balaban J connectivity index is 1.44. The van der Waals surface area contributed by atoms with Gasteiger partial charge in [-0.15, -0.1) is 0 Å². The summed E-state index contributed by atoms with van der Waals surface area (Å²) in [5.41, 5.74) is 8.43. The Bertz CT molecular complexity index is 1510. The van der Waals surface area contributed by atoms with Gasteiger partial charge in [-0.1, -0.05) is 68.0 Å². The minimum Gasteiger partial charge on any atom is -0.427 e. The van der Waals surface area contributed by atoms with Crippen molar-refractivity contribution in [2.45, 2.75) is 89.8 Å². The summed E-state index contributed by atoms with van der Waals surface area (Å²) in [6.07, 6.45) is 7.01. The molecule has 0 atom stereocenters. The number of hydrogen-bond donors (Lipinski definition) is 1. The summed E-state index contributed by atoms with van der Waals surface area (Å²) in [5.74, 6) is 1.10. The number of benzene rings is 3. The molecule has 1 heterocycles. The van der Waals surface area contributed by atoms with Crippen molar-refractivity contribution in [3.05, 3.63) is 77.6 Å². The Morgan fingerprint density at radius 2 is 1.61 bits per heavy atom. The molecule has 1 saturated carbocycles. The van der Waals surface area contributed by atoms with Crippen LogP contribution in [-0.4, -0.2) is 33.3 Å². The SMILES string of the molecule is CCc1nc2ccccc2n1-c1ccc2c(c1)C1(CCCCC1)c1cc([B]OC(C)(C)C(C)(C)O)ccc1-2. The predicted molar refractivity (Wildman–Crippen MR) is 157 cm³/mol. The molecule has 0 bridgehead atoms. The standard InChI is InChI=1S/C33H38BN2O2/c1-6-30-35-28-12-8-9-13-29(28)36(30)23-15-17-25-24-16-14-22(34-38-32(4,5)31(2,3)37)20-26(24)33(27(25)21-23)18-10-7-11-19-33/h8-9,12-17,20-21,37H,6-7,10-11,18-19H2,1-5H3. The number of aromatic nitrogens is 2. The highest BCUT2D eigenvalue weighted by molar-refractivity contribution is 6.47. The van der Waals surface area contributed by atoms with Gasteiger partial charge >= 0.3 is 7.48 Å². The quantitative estimate of drug-likeness (QED) is 0.299. The van der Waals surface area contributed by atoms with Gasteiger partial charge in [0.15, 0.2) is 0 Å². The van der Waals surface area contributed by atoms with Crippen LogP contribution in [0.4, 0.5) is 0 Å². The first-order valence-corrected chi connectivity index (χ1v) is 14.1. The molecule has 0 amide bonds. The molecule has 1 aromatic heterocycles. The van der Waals surface area contributed by atoms with E-state index in [4.69, 9.17) is 9.64 Å². The largest absolute Gasteiger partial charge is 0.427 e. The van der Waals surface area contributed by atoms with Crippen LogP contribution in [0.1, 0.15) is 83.7 Å². The van der Waals surface area contributed by atoms with E-state index in [9.17, 15) is 5.11 Å². The summed E-state index contributed by atoms with van der Waals surface area (Å²) in [4.78, 5) is 4.94.